The highest BCUT2D eigenvalue weighted by Gasteiger charge is 2.12. The summed E-state index contributed by atoms with van der Waals surface area (Å²) in [5.74, 6) is 0.0117. The summed E-state index contributed by atoms with van der Waals surface area (Å²) in [6, 6.07) is 5.89. The molecule has 1 fully saturated rings. The Bertz CT molecular complexity index is 445. The van der Waals surface area contributed by atoms with Crippen LogP contribution >= 0.6 is 22.6 Å². The number of rotatable bonds is 4. The number of nitrogens with zero attached hydrogens (tertiary/aromatic N) is 1. The lowest BCUT2D eigenvalue weighted by atomic mass is 10.1. The van der Waals surface area contributed by atoms with Crippen molar-refractivity contribution in [3.05, 3.63) is 32.9 Å². The monoisotopic (exact) mass is 374 g/mol. The molecule has 1 heterocycles. The van der Waals surface area contributed by atoms with E-state index in [9.17, 15) is 4.79 Å². The number of hydrogen-bond acceptors (Lipinski definition) is 3. The van der Waals surface area contributed by atoms with Crippen LogP contribution in [-0.2, 0) is 4.74 Å². The summed E-state index contributed by atoms with van der Waals surface area (Å²) in [5, 5.41) is 2.98. The van der Waals surface area contributed by atoms with Gasteiger partial charge in [-0.25, -0.2) is 0 Å². The van der Waals surface area contributed by atoms with Gasteiger partial charge in [-0.1, -0.05) is 11.6 Å². The van der Waals surface area contributed by atoms with Gasteiger partial charge < -0.3 is 10.1 Å². The molecule has 0 unspecified atom stereocenters. The topological polar surface area (TPSA) is 41.6 Å². The molecule has 5 heteroatoms. The highest BCUT2D eigenvalue weighted by molar-refractivity contribution is 14.1. The lowest BCUT2D eigenvalue weighted by Gasteiger charge is -2.26. The predicted octanol–water partition coefficient (Wildman–Crippen LogP) is 1.66. The molecule has 1 saturated heterocycles. The first kappa shape index (κ1) is 14.7. The van der Waals surface area contributed by atoms with E-state index in [4.69, 9.17) is 4.74 Å². The van der Waals surface area contributed by atoms with Gasteiger partial charge in [-0.05, 0) is 41.6 Å². The van der Waals surface area contributed by atoms with Gasteiger partial charge in [0.25, 0.3) is 5.91 Å². The van der Waals surface area contributed by atoms with Gasteiger partial charge in [-0.3, -0.25) is 9.69 Å². The van der Waals surface area contributed by atoms with Crippen LogP contribution in [0, 0.1) is 10.5 Å². The number of aryl methyl sites for hydroxylation is 1. The highest BCUT2D eigenvalue weighted by Crippen LogP contribution is 2.13. The molecule has 0 aromatic heterocycles. The maximum Gasteiger partial charge on any atom is 0.252 e. The molecule has 1 amide bonds. The van der Waals surface area contributed by atoms with E-state index in [0.29, 0.717) is 6.54 Å². The van der Waals surface area contributed by atoms with Gasteiger partial charge in [0.2, 0.25) is 0 Å². The molecule has 1 aliphatic rings. The zero-order valence-corrected chi connectivity index (χ0v) is 13.3. The van der Waals surface area contributed by atoms with Crippen LogP contribution in [0.25, 0.3) is 0 Å². The van der Waals surface area contributed by atoms with Crippen molar-refractivity contribution in [3.63, 3.8) is 0 Å². The molecule has 0 aliphatic carbocycles. The second-order valence-corrected chi connectivity index (χ2v) is 5.86. The predicted molar refractivity (Wildman–Crippen MR) is 83.5 cm³/mol. The minimum atomic E-state index is 0.0117. The number of carbonyl (C=O) groups is 1. The van der Waals surface area contributed by atoms with Crippen molar-refractivity contribution < 1.29 is 9.53 Å². The zero-order chi connectivity index (χ0) is 13.7. The maximum atomic E-state index is 12.1. The van der Waals surface area contributed by atoms with Crippen LogP contribution in [0.4, 0.5) is 0 Å². The number of ether oxygens (including phenoxy) is 1. The Morgan fingerprint density at radius 1 is 1.42 bits per heavy atom. The Balaban J connectivity index is 1.80. The Hall–Kier alpha value is -0.660. The van der Waals surface area contributed by atoms with Gasteiger partial charge in [0.05, 0.1) is 18.8 Å². The molecule has 0 spiro atoms. The van der Waals surface area contributed by atoms with E-state index in [1.807, 2.05) is 25.1 Å². The first-order valence-electron chi connectivity index (χ1n) is 6.51. The third kappa shape index (κ3) is 4.43. The number of carbonyl (C=O) groups excluding carboxylic acids is 1. The molecular weight excluding hydrogens is 355 g/mol. The van der Waals surface area contributed by atoms with Crippen LogP contribution in [-0.4, -0.2) is 50.2 Å². The van der Waals surface area contributed by atoms with Gasteiger partial charge >= 0.3 is 0 Å². The van der Waals surface area contributed by atoms with Crippen LogP contribution in [0.3, 0.4) is 0 Å². The van der Waals surface area contributed by atoms with Crippen molar-refractivity contribution in [2.45, 2.75) is 6.92 Å². The van der Waals surface area contributed by atoms with Crippen LogP contribution < -0.4 is 5.32 Å². The number of benzene rings is 1. The molecule has 0 radical (unpaired) electrons. The SMILES string of the molecule is Cc1ccc(C(=O)NCCN2CCOCC2)c(I)c1. The molecule has 0 atom stereocenters. The fourth-order valence-corrected chi connectivity index (χ4v) is 2.97. The Kier molecular flexibility index (Phi) is 5.59. The van der Waals surface area contributed by atoms with Crippen molar-refractivity contribution in [2.24, 2.45) is 0 Å². The molecule has 0 saturated carbocycles. The number of amides is 1. The summed E-state index contributed by atoms with van der Waals surface area (Å²) in [7, 11) is 0. The van der Waals surface area contributed by atoms with Crippen LogP contribution in [0.5, 0.6) is 0 Å². The van der Waals surface area contributed by atoms with E-state index in [1.54, 1.807) is 0 Å². The fraction of sp³-hybridized carbons (Fsp3) is 0.500. The molecule has 0 bridgehead atoms. The molecule has 19 heavy (non-hydrogen) atoms. The van der Waals surface area contributed by atoms with Crippen LogP contribution in [0.15, 0.2) is 18.2 Å². The van der Waals surface area contributed by atoms with Crippen molar-refractivity contribution >= 4 is 28.5 Å². The van der Waals surface area contributed by atoms with E-state index < -0.39 is 0 Å². The van der Waals surface area contributed by atoms with Crippen molar-refractivity contribution in [1.82, 2.24) is 10.2 Å². The Morgan fingerprint density at radius 2 is 2.16 bits per heavy atom. The molecule has 104 valence electrons. The van der Waals surface area contributed by atoms with E-state index >= 15 is 0 Å². The summed E-state index contributed by atoms with van der Waals surface area (Å²) < 4.78 is 6.29. The standard InChI is InChI=1S/C14H19IN2O2/c1-11-2-3-12(13(15)10-11)14(18)16-4-5-17-6-8-19-9-7-17/h2-3,10H,4-9H2,1H3,(H,16,18). The van der Waals surface area contributed by atoms with Gasteiger partial charge in [0, 0.05) is 29.7 Å². The number of morpholine rings is 1. The quantitative estimate of drug-likeness (QED) is 0.816. The van der Waals surface area contributed by atoms with Gasteiger partial charge in [0.1, 0.15) is 0 Å². The van der Waals surface area contributed by atoms with Gasteiger partial charge in [-0.2, -0.15) is 0 Å². The Morgan fingerprint density at radius 3 is 2.84 bits per heavy atom. The zero-order valence-electron chi connectivity index (χ0n) is 11.1. The molecular formula is C14H19IN2O2. The van der Waals surface area contributed by atoms with E-state index in [2.05, 4.69) is 32.8 Å². The van der Waals surface area contributed by atoms with Crippen LogP contribution in [0.2, 0.25) is 0 Å². The minimum absolute atomic E-state index is 0.0117. The lowest BCUT2D eigenvalue weighted by molar-refractivity contribution is 0.0383. The minimum Gasteiger partial charge on any atom is -0.379 e. The van der Waals surface area contributed by atoms with Crippen molar-refractivity contribution in [2.75, 3.05) is 39.4 Å². The summed E-state index contributed by atoms with van der Waals surface area (Å²) >= 11 is 2.21. The number of halogens is 1. The molecule has 1 aliphatic heterocycles. The van der Waals surface area contributed by atoms with Crippen LogP contribution in [0.1, 0.15) is 15.9 Å². The molecule has 2 rings (SSSR count). The largest absolute Gasteiger partial charge is 0.379 e. The third-order valence-electron chi connectivity index (χ3n) is 3.19. The first-order chi connectivity index (χ1) is 9.16. The van der Waals surface area contributed by atoms with Crippen molar-refractivity contribution in [1.29, 1.82) is 0 Å². The molecule has 4 nitrogen and oxygen atoms in total. The fourth-order valence-electron chi connectivity index (χ4n) is 2.05. The van der Waals surface area contributed by atoms with E-state index in [0.717, 1.165) is 42.0 Å². The smallest absolute Gasteiger partial charge is 0.252 e. The maximum absolute atomic E-state index is 12.1. The average Bonchev–Trinajstić information content (AvgIpc) is 2.39. The van der Waals surface area contributed by atoms with E-state index in [-0.39, 0.29) is 5.91 Å². The highest BCUT2D eigenvalue weighted by atomic mass is 127. The molecule has 1 N–H and O–H groups in total. The second-order valence-electron chi connectivity index (χ2n) is 4.69. The second kappa shape index (κ2) is 7.21. The average molecular weight is 374 g/mol. The van der Waals surface area contributed by atoms with E-state index in [1.165, 1.54) is 5.56 Å². The Labute approximate surface area is 127 Å². The third-order valence-corrected chi connectivity index (χ3v) is 4.08. The first-order valence-corrected chi connectivity index (χ1v) is 7.59. The summed E-state index contributed by atoms with van der Waals surface area (Å²) in [6.07, 6.45) is 0. The summed E-state index contributed by atoms with van der Waals surface area (Å²) in [6.45, 7) is 7.10. The molecule has 1 aromatic carbocycles. The van der Waals surface area contributed by atoms with Gasteiger partial charge in [-0.15, -0.1) is 0 Å². The molecule has 1 aromatic rings. The number of hydrogen-bond donors (Lipinski definition) is 1. The van der Waals surface area contributed by atoms with Gasteiger partial charge in [0.15, 0.2) is 0 Å². The lowest BCUT2D eigenvalue weighted by Crippen LogP contribution is -2.41. The van der Waals surface area contributed by atoms with Crippen molar-refractivity contribution in [3.8, 4) is 0 Å². The summed E-state index contributed by atoms with van der Waals surface area (Å²) in [5.41, 5.74) is 1.93. The normalized spacial score (nSPS) is 16.3. The summed E-state index contributed by atoms with van der Waals surface area (Å²) in [4.78, 5) is 14.4. The number of nitrogens with one attached hydrogen (secondary N) is 1.